The van der Waals surface area contributed by atoms with Crippen LogP contribution in [0.2, 0.25) is 15.1 Å². The molecule has 0 fully saturated rings. The highest BCUT2D eigenvalue weighted by atomic mass is 35.5. The number of rotatable bonds is 6. The van der Waals surface area contributed by atoms with Gasteiger partial charge >= 0.3 is 0 Å². The molecule has 0 amide bonds. The quantitative estimate of drug-likeness (QED) is 0.419. The molecule has 0 N–H and O–H groups in total. The molecule has 0 saturated carbocycles. The molecule has 0 aromatic heterocycles. The van der Waals surface area contributed by atoms with Crippen molar-refractivity contribution in [2.24, 2.45) is 5.41 Å². The van der Waals surface area contributed by atoms with E-state index >= 15 is 0 Å². The van der Waals surface area contributed by atoms with E-state index in [1.165, 1.54) is 0 Å². The first kappa shape index (κ1) is 19.8. The van der Waals surface area contributed by atoms with Crippen LogP contribution >= 0.6 is 34.8 Å². The van der Waals surface area contributed by atoms with Crippen molar-refractivity contribution in [3.63, 3.8) is 0 Å². The Bertz CT molecular complexity index is 808. The monoisotopic (exact) mass is 413 g/mol. The van der Waals surface area contributed by atoms with E-state index in [4.69, 9.17) is 34.8 Å². The van der Waals surface area contributed by atoms with E-state index in [-0.39, 0.29) is 0 Å². The first-order valence-corrected chi connectivity index (χ1v) is 9.76. The second-order valence-corrected chi connectivity index (χ2v) is 8.11. The van der Waals surface area contributed by atoms with Gasteiger partial charge in [0, 0.05) is 15.1 Å². The van der Waals surface area contributed by atoms with Crippen LogP contribution < -0.4 is 0 Å². The Balaban J connectivity index is 1.94. The summed E-state index contributed by atoms with van der Waals surface area (Å²) in [5.41, 5.74) is 2.67. The average Bonchev–Trinajstić information content (AvgIpc) is 2.67. The molecular formula is C23H18Cl3N. The van der Waals surface area contributed by atoms with Crippen molar-refractivity contribution in [3.05, 3.63) is 105 Å². The Kier molecular flexibility index (Phi) is 6.45. The second kappa shape index (κ2) is 8.81. The van der Waals surface area contributed by atoms with Crippen molar-refractivity contribution in [2.75, 3.05) is 0 Å². The predicted octanol–water partition coefficient (Wildman–Crippen LogP) is 7.18. The summed E-state index contributed by atoms with van der Waals surface area (Å²) < 4.78 is 0. The van der Waals surface area contributed by atoms with Crippen molar-refractivity contribution in [3.8, 4) is 6.07 Å². The number of benzene rings is 3. The summed E-state index contributed by atoms with van der Waals surface area (Å²) in [5.74, 6) is 0. The molecule has 4 heteroatoms. The fourth-order valence-corrected chi connectivity index (χ4v) is 3.66. The molecule has 0 unspecified atom stereocenters. The molecule has 1 nitrogen and oxygen atoms in total. The van der Waals surface area contributed by atoms with E-state index in [1.807, 2.05) is 72.8 Å². The molecule has 0 aliphatic rings. The second-order valence-electron chi connectivity index (χ2n) is 6.80. The van der Waals surface area contributed by atoms with Crippen molar-refractivity contribution < 1.29 is 0 Å². The molecular weight excluding hydrogens is 397 g/mol. The van der Waals surface area contributed by atoms with E-state index in [1.54, 1.807) is 0 Å². The van der Waals surface area contributed by atoms with Gasteiger partial charge < -0.3 is 0 Å². The molecule has 3 rings (SSSR count). The maximum absolute atomic E-state index is 10.2. The summed E-state index contributed by atoms with van der Waals surface area (Å²) in [5, 5.41) is 12.3. The van der Waals surface area contributed by atoms with E-state index in [2.05, 4.69) is 6.07 Å². The van der Waals surface area contributed by atoms with Gasteiger partial charge in [-0.1, -0.05) is 71.2 Å². The molecule has 0 bridgehead atoms. The molecule has 3 aromatic carbocycles. The highest BCUT2D eigenvalue weighted by molar-refractivity contribution is 6.31. The largest absolute Gasteiger partial charge is 0.198 e. The standard InChI is InChI=1S/C23H18Cl3N/c24-20-7-1-17(2-8-20)13-23(16-27,14-18-3-9-21(25)10-4-18)15-19-5-11-22(26)12-6-19/h1-12H,13-15H2. The summed E-state index contributed by atoms with van der Waals surface area (Å²) in [6.07, 6.45) is 1.89. The van der Waals surface area contributed by atoms with Crippen molar-refractivity contribution in [1.29, 1.82) is 5.26 Å². The lowest BCUT2D eigenvalue weighted by Crippen LogP contribution is -2.28. The van der Waals surface area contributed by atoms with Gasteiger partial charge in [0.25, 0.3) is 0 Å². The predicted molar refractivity (Wildman–Crippen MR) is 114 cm³/mol. The first-order valence-electron chi connectivity index (χ1n) is 8.63. The lowest BCUT2D eigenvalue weighted by atomic mass is 9.73. The molecule has 0 atom stereocenters. The van der Waals surface area contributed by atoms with Gasteiger partial charge in [0.1, 0.15) is 0 Å². The summed E-state index contributed by atoms with van der Waals surface area (Å²) in [6, 6.07) is 25.7. The van der Waals surface area contributed by atoms with Gasteiger partial charge in [-0.15, -0.1) is 0 Å². The molecule has 0 aliphatic carbocycles. The minimum absolute atomic E-state index is 0.588. The minimum atomic E-state index is -0.588. The molecule has 0 aliphatic heterocycles. The van der Waals surface area contributed by atoms with Gasteiger partial charge in [-0.2, -0.15) is 5.26 Å². The van der Waals surface area contributed by atoms with E-state index in [9.17, 15) is 5.26 Å². The third-order valence-corrected chi connectivity index (χ3v) is 5.36. The number of nitriles is 1. The van der Waals surface area contributed by atoms with E-state index < -0.39 is 5.41 Å². The van der Waals surface area contributed by atoms with Crippen molar-refractivity contribution >= 4 is 34.8 Å². The zero-order valence-electron chi connectivity index (χ0n) is 14.6. The highest BCUT2D eigenvalue weighted by Crippen LogP contribution is 2.33. The number of hydrogen-bond acceptors (Lipinski definition) is 1. The Morgan fingerprint density at radius 1 is 0.556 bits per heavy atom. The first-order chi connectivity index (χ1) is 13.0. The number of halogens is 3. The van der Waals surface area contributed by atoms with Gasteiger partial charge in [-0.05, 0) is 72.4 Å². The highest BCUT2D eigenvalue weighted by Gasteiger charge is 2.31. The van der Waals surface area contributed by atoms with Crippen LogP contribution in [0.25, 0.3) is 0 Å². The van der Waals surface area contributed by atoms with Crippen LogP contribution in [-0.2, 0) is 19.3 Å². The average molecular weight is 415 g/mol. The van der Waals surface area contributed by atoms with Crippen LogP contribution in [0.1, 0.15) is 16.7 Å². The normalized spacial score (nSPS) is 11.2. The molecule has 0 heterocycles. The zero-order valence-corrected chi connectivity index (χ0v) is 16.9. The summed E-state index contributed by atoms with van der Waals surface area (Å²) >= 11 is 18.0. The van der Waals surface area contributed by atoms with Gasteiger partial charge in [0.2, 0.25) is 0 Å². The van der Waals surface area contributed by atoms with E-state index in [0.29, 0.717) is 34.3 Å². The zero-order chi connectivity index (χ0) is 19.3. The van der Waals surface area contributed by atoms with E-state index in [0.717, 1.165) is 16.7 Å². The van der Waals surface area contributed by atoms with Gasteiger partial charge in [-0.3, -0.25) is 0 Å². The molecule has 3 aromatic rings. The third kappa shape index (κ3) is 5.50. The Morgan fingerprint density at radius 3 is 1.04 bits per heavy atom. The molecule has 136 valence electrons. The van der Waals surface area contributed by atoms with Crippen LogP contribution in [0.15, 0.2) is 72.8 Å². The van der Waals surface area contributed by atoms with Gasteiger partial charge in [0.05, 0.1) is 11.5 Å². The maximum atomic E-state index is 10.2. The van der Waals surface area contributed by atoms with Crippen LogP contribution in [-0.4, -0.2) is 0 Å². The smallest absolute Gasteiger partial charge is 0.0700 e. The fourth-order valence-electron chi connectivity index (χ4n) is 3.29. The maximum Gasteiger partial charge on any atom is 0.0700 e. The minimum Gasteiger partial charge on any atom is -0.198 e. The molecule has 27 heavy (non-hydrogen) atoms. The van der Waals surface area contributed by atoms with Gasteiger partial charge in [-0.25, -0.2) is 0 Å². The third-order valence-electron chi connectivity index (χ3n) is 4.60. The Labute approximate surface area is 175 Å². The summed E-state index contributed by atoms with van der Waals surface area (Å²) in [7, 11) is 0. The fraction of sp³-hybridized carbons (Fsp3) is 0.174. The van der Waals surface area contributed by atoms with Crippen LogP contribution in [0.4, 0.5) is 0 Å². The molecule has 0 spiro atoms. The number of nitrogens with zero attached hydrogens (tertiary/aromatic N) is 1. The van der Waals surface area contributed by atoms with Crippen LogP contribution in [0.5, 0.6) is 0 Å². The van der Waals surface area contributed by atoms with Crippen molar-refractivity contribution in [2.45, 2.75) is 19.3 Å². The van der Waals surface area contributed by atoms with Gasteiger partial charge in [0.15, 0.2) is 0 Å². The van der Waals surface area contributed by atoms with Crippen LogP contribution in [0, 0.1) is 16.7 Å². The van der Waals surface area contributed by atoms with Crippen LogP contribution in [0.3, 0.4) is 0 Å². The Morgan fingerprint density at radius 2 is 0.815 bits per heavy atom. The number of hydrogen-bond donors (Lipinski definition) is 0. The Hall–Kier alpha value is -1.98. The van der Waals surface area contributed by atoms with Crippen molar-refractivity contribution in [1.82, 2.24) is 0 Å². The lowest BCUT2D eigenvalue weighted by Gasteiger charge is -2.27. The topological polar surface area (TPSA) is 23.8 Å². The SMILES string of the molecule is N#CC(Cc1ccc(Cl)cc1)(Cc1ccc(Cl)cc1)Cc1ccc(Cl)cc1. The molecule has 0 saturated heterocycles. The summed E-state index contributed by atoms with van der Waals surface area (Å²) in [6.45, 7) is 0. The lowest BCUT2D eigenvalue weighted by molar-refractivity contribution is 0.386. The summed E-state index contributed by atoms with van der Waals surface area (Å²) in [4.78, 5) is 0. The molecule has 0 radical (unpaired) electrons.